The van der Waals surface area contributed by atoms with Crippen molar-refractivity contribution in [1.29, 1.82) is 0 Å². The van der Waals surface area contributed by atoms with E-state index < -0.39 is 12.0 Å². The van der Waals surface area contributed by atoms with Gasteiger partial charge in [0.2, 0.25) is 0 Å². The lowest BCUT2D eigenvalue weighted by Crippen LogP contribution is -2.45. The van der Waals surface area contributed by atoms with Gasteiger partial charge in [-0.3, -0.25) is 4.79 Å². The fraction of sp³-hybridized carbons (Fsp3) is 0.417. The van der Waals surface area contributed by atoms with E-state index in [0.717, 1.165) is 41.8 Å². The monoisotopic (exact) mass is 422 g/mol. The number of carboxylic acid groups (broad SMARTS) is 1. The highest BCUT2D eigenvalue weighted by Crippen LogP contribution is 2.18. The number of benzene rings is 1. The molecule has 0 aliphatic rings. The van der Waals surface area contributed by atoms with Crippen molar-refractivity contribution in [2.24, 2.45) is 5.92 Å². The molecule has 7 heteroatoms. The number of hydrogen-bond donors (Lipinski definition) is 2. The summed E-state index contributed by atoms with van der Waals surface area (Å²) in [6, 6.07) is 10.2. The van der Waals surface area contributed by atoms with Crippen LogP contribution in [0.15, 0.2) is 42.6 Å². The number of hydrogen-bond acceptors (Lipinski definition) is 4. The molecule has 31 heavy (non-hydrogen) atoms. The first-order chi connectivity index (χ1) is 14.9. The normalized spacial score (nSPS) is 13.1. The standard InChI is InChI=1S/C24H30N4O3/c1-4-6-9-20-26-19-8-7-14-25-22(19)28(20)15-17-10-12-18(13-11-17)23(29)27-21(24(30)31)16(3)5-2/h7-8,10-14,16,21H,4-6,9,15H2,1-3H3,(H,27,29)(H,30,31)/t16-,21-/m0/s1. The third kappa shape index (κ3) is 5.29. The number of unbranched alkanes of at least 4 members (excludes halogenated alkanes) is 1. The Balaban J connectivity index is 1.78. The molecule has 0 spiro atoms. The summed E-state index contributed by atoms with van der Waals surface area (Å²) in [7, 11) is 0. The quantitative estimate of drug-likeness (QED) is 0.514. The molecular formula is C24H30N4O3. The van der Waals surface area contributed by atoms with Gasteiger partial charge < -0.3 is 15.0 Å². The molecule has 0 saturated carbocycles. The number of imidazole rings is 1. The third-order valence-electron chi connectivity index (χ3n) is 5.66. The molecule has 0 fully saturated rings. The highest BCUT2D eigenvalue weighted by Gasteiger charge is 2.25. The van der Waals surface area contributed by atoms with Crippen LogP contribution in [-0.2, 0) is 17.8 Å². The number of carbonyl (C=O) groups excluding carboxylic acids is 1. The minimum Gasteiger partial charge on any atom is -0.480 e. The smallest absolute Gasteiger partial charge is 0.326 e. The predicted molar refractivity (Wildman–Crippen MR) is 120 cm³/mol. The first-order valence-corrected chi connectivity index (χ1v) is 10.9. The summed E-state index contributed by atoms with van der Waals surface area (Å²) in [6.45, 7) is 6.50. The summed E-state index contributed by atoms with van der Waals surface area (Å²) in [5.41, 5.74) is 3.21. The minimum atomic E-state index is -1.02. The number of fused-ring (bicyclic) bond motifs is 1. The van der Waals surface area contributed by atoms with Crippen LogP contribution in [0.25, 0.3) is 11.2 Å². The van der Waals surface area contributed by atoms with Crippen LogP contribution < -0.4 is 5.32 Å². The van der Waals surface area contributed by atoms with E-state index in [-0.39, 0.29) is 11.8 Å². The molecule has 7 nitrogen and oxygen atoms in total. The van der Waals surface area contributed by atoms with E-state index in [9.17, 15) is 14.7 Å². The SMILES string of the molecule is CCCCc1nc2cccnc2n1Cc1ccc(C(=O)N[C@H](C(=O)O)[C@@H](C)CC)cc1. The van der Waals surface area contributed by atoms with Crippen molar-refractivity contribution in [2.75, 3.05) is 0 Å². The number of aliphatic carboxylic acids is 1. The van der Waals surface area contributed by atoms with Gasteiger partial charge in [-0.05, 0) is 42.2 Å². The van der Waals surface area contributed by atoms with Crippen molar-refractivity contribution in [3.05, 3.63) is 59.5 Å². The summed E-state index contributed by atoms with van der Waals surface area (Å²) < 4.78 is 2.13. The summed E-state index contributed by atoms with van der Waals surface area (Å²) >= 11 is 0. The highest BCUT2D eigenvalue weighted by molar-refractivity contribution is 5.96. The Kier molecular flexibility index (Phi) is 7.39. The molecule has 0 aliphatic carbocycles. The van der Waals surface area contributed by atoms with E-state index in [1.807, 2.05) is 38.1 Å². The maximum Gasteiger partial charge on any atom is 0.326 e. The van der Waals surface area contributed by atoms with Gasteiger partial charge in [-0.15, -0.1) is 0 Å². The lowest BCUT2D eigenvalue weighted by atomic mass is 9.99. The van der Waals surface area contributed by atoms with Crippen molar-refractivity contribution in [3.63, 3.8) is 0 Å². The molecule has 2 heterocycles. The van der Waals surface area contributed by atoms with Gasteiger partial charge in [0.15, 0.2) is 5.65 Å². The van der Waals surface area contributed by atoms with E-state index in [1.54, 1.807) is 18.3 Å². The number of carbonyl (C=O) groups is 2. The van der Waals surface area contributed by atoms with Crippen molar-refractivity contribution in [3.8, 4) is 0 Å². The zero-order valence-electron chi connectivity index (χ0n) is 18.3. The summed E-state index contributed by atoms with van der Waals surface area (Å²) in [6.07, 6.45) is 5.48. The Hall–Kier alpha value is -3.22. The second kappa shape index (κ2) is 10.2. The molecule has 2 atom stereocenters. The zero-order valence-corrected chi connectivity index (χ0v) is 18.3. The number of aryl methyl sites for hydroxylation is 1. The van der Waals surface area contributed by atoms with Crippen molar-refractivity contribution in [2.45, 2.75) is 59.0 Å². The van der Waals surface area contributed by atoms with E-state index in [4.69, 9.17) is 4.98 Å². The largest absolute Gasteiger partial charge is 0.480 e. The molecular weight excluding hydrogens is 392 g/mol. The Bertz CT molecular complexity index is 1040. The predicted octanol–water partition coefficient (Wildman–Crippen LogP) is 4.05. The first-order valence-electron chi connectivity index (χ1n) is 10.9. The maximum absolute atomic E-state index is 12.6. The average molecular weight is 423 g/mol. The van der Waals surface area contributed by atoms with Gasteiger partial charge in [0.1, 0.15) is 17.4 Å². The number of pyridine rings is 1. The topological polar surface area (TPSA) is 97.1 Å². The Morgan fingerprint density at radius 2 is 1.90 bits per heavy atom. The van der Waals surface area contributed by atoms with Crippen molar-refractivity contribution in [1.82, 2.24) is 19.9 Å². The molecule has 3 aromatic rings. The third-order valence-corrected chi connectivity index (χ3v) is 5.66. The van der Waals surface area contributed by atoms with Crippen LogP contribution in [0, 0.1) is 5.92 Å². The van der Waals surface area contributed by atoms with E-state index in [1.165, 1.54) is 0 Å². The van der Waals surface area contributed by atoms with Crippen LogP contribution in [0.2, 0.25) is 0 Å². The van der Waals surface area contributed by atoms with Crippen LogP contribution in [0.4, 0.5) is 0 Å². The molecule has 2 aromatic heterocycles. The van der Waals surface area contributed by atoms with Crippen LogP contribution in [0.1, 0.15) is 61.8 Å². The highest BCUT2D eigenvalue weighted by atomic mass is 16.4. The number of aromatic nitrogens is 3. The van der Waals surface area contributed by atoms with Gasteiger partial charge in [0, 0.05) is 18.2 Å². The maximum atomic E-state index is 12.6. The average Bonchev–Trinajstić information content (AvgIpc) is 3.12. The van der Waals surface area contributed by atoms with E-state index in [0.29, 0.717) is 18.5 Å². The summed E-state index contributed by atoms with van der Waals surface area (Å²) in [5, 5.41) is 12.0. The number of carboxylic acids is 1. The van der Waals surface area contributed by atoms with Gasteiger partial charge in [0.25, 0.3) is 5.91 Å². The van der Waals surface area contributed by atoms with Crippen LogP contribution >= 0.6 is 0 Å². The Morgan fingerprint density at radius 1 is 1.16 bits per heavy atom. The van der Waals surface area contributed by atoms with Gasteiger partial charge in [0.05, 0.1) is 6.54 Å². The molecule has 164 valence electrons. The molecule has 2 N–H and O–H groups in total. The molecule has 0 unspecified atom stereocenters. The van der Waals surface area contributed by atoms with Crippen molar-refractivity contribution < 1.29 is 14.7 Å². The Labute approximate surface area is 182 Å². The van der Waals surface area contributed by atoms with Crippen LogP contribution in [0.3, 0.4) is 0 Å². The number of rotatable bonds is 10. The van der Waals surface area contributed by atoms with Gasteiger partial charge in [-0.1, -0.05) is 45.7 Å². The number of nitrogens with zero attached hydrogens (tertiary/aromatic N) is 3. The molecule has 1 aromatic carbocycles. The second-order valence-corrected chi connectivity index (χ2v) is 7.94. The molecule has 0 bridgehead atoms. The van der Waals surface area contributed by atoms with E-state index in [2.05, 4.69) is 21.8 Å². The van der Waals surface area contributed by atoms with E-state index >= 15 is 0 Å². The van der Waals surface area contributed by atoms with Crippen LogP contribution in [-0.4, -0.2) is 37.6 Å². The molecule has 0 saturated heterocycles. The zero-order chi connectivity index (χ0) is 22.4. The minimum absolute atomic E-state index is 0.149. The lowest BCUT2D eigenvalue weighted by molar-refractivity contribution is -0.140. The van der Waals surface area contributed by atoms with Gasteiger partial charge in [-0.25, -0.2) is 14.8 Å². The van der Waals surface area contributed by atoms with Gasteiger partial charge >= 0.3 is 5.97 Å². The summed E-state index contributed by atoms with van der Waals surface area (Å²) in [5.74, 6) is -0.532. The van der Waals surface area contributed by atoms with Crippen LogP contribution in [0.5, 0.6) is 0 Å². The molecule has 1 amide bonds. The van der Waals surface area contributed by atoms with Crippen molar-refractivity contribution >= 4 is 23.0 Å². The van der Waals surface area contributed by atoms with Gasteiger partial charge in [-0.2, -0.15) is 0 Å². The first kappa shape index (κ1) is 22.5. The summed E-state index contributed by atoms with van der Waals surface area (Å²) in [4.78, 5) is 33.3. The molecule has 3 rings (SSSR count). The molecule has 0 aliphatic heterocycles. The number of nitrogens with one attached hydrogen (secondary N) is 1. The fourth-order valence-electron chi connectivity index (χ4n) is 3.55. The Morgan fingerprint density at radius 3 is 2.55 bits per heavy atom. The number of amides is 1. The lowest BCUT2D eigenvalue weighted by Gasteiger charge is -2.20. The second-order valence-electron chi connectivity index (χ2n) is 7.94. The molecule has 0 radical (unpaired) electrons. The fourth-order valence-corrected chi connectivity index (χ4v) is 3.55.